The number of carbonyl (C=O) groups is 1. The molecule has 0 aliphatic heterocycles. The van der Waals surface area contributed by atoms with Gasteiger partial charge in [0.25, 0.3) is 5.91 Å². The number of amides is 1. The first-order chi connectivity index (χ1) is 11.9. The first-order valence-corrected chi connectivity index (χ1v) is 8.37. The fraction of sp³-hybridized carbons (Fsp3) is 0.250. The van der Waals surface area contributed by atoms with Gasteiger partial charge in [0.05, 0.1) is 11.3 Å². The summed E-state index contributed by atoms with van der Waals surface area (Å²) in [5, 5.41) is 21.2. The molecular formula is C20H22N2O3. The number of aromatic nitrogens is 1. The lowest BCUT2D eigenvalue weighted by Crippen LogP contribution is -2.31. The van der Waals surface area contributed by atoms with Gasteiger partial charge in [-0.15, -0.1) is 0 Å². The third kappa shape index (κ3) is 2.93. The van der Waals surface area contributed by atoms with Gasteiger partial charge < -0.3 is 20.1 Å². The van der Waals surface area contributed by atoms with Crippen molar-refractivity contribution in [1.82, 2.24) is 4.98 Å². The van der Waals surface area contributed by atoms with Gasteiger partial charge in [0.15, 0.2) is 0 Å². The first-order valence-electron chi connectivity index (χ1n) is 8.37. The first kappa shape index (κ1) is 16.9. The molecule has 0 spiro atoms. The number of phenolic OH excluding ortho intramolecular Hbond substituents is 2. The molecule has 1 heterocycles. The zero-order valence-corrected chi connectivity index (χ0v) is 14.6. The number of carbonyl (C=O) groups excluding carboxylic acids is 1. The molecule has 3 aromatic rings. The Kier molecular flexibility index (Phi) is 4.40. The second-order valence-corrected chi connectivity index (χ2v) is 6.35. The van der Waals surface area contributed by atoms with Gasteiger partial charge in [0.2, 0.25) is 0 Å². The molecule has 0 fully saturated rings. The summed E-state index contributed by atoms with van der Waals surface area (Å²) in [7, 11) is 0. The molecule has 0 aliphatic rings. The molecule has 0 bridgehead atoms. The molecule has 3 rings (SSSR count). The van der Waals surface area contributed by atoms with Crippen molar-refractivity contribution in [3.05, 3.63) is 53.7 Å². The van der Waals surface area contributed by atoms with Crippen molar-refractivity contribution < 1.29 is 15.0 Å². The molecule has 0 saturated carbocycles. The summed E-state index contributed by atoms with van der Waals surface area (Å²) in [6, 6.07) is 10.5. The normalized spacial score (nSPS) is 11.2. The number of rotatable bonds is 4. The number of nitrogens with one attached hydrogen (secondary N) is 1. The Balaban J connectivity index is 2.10. The molecule has 0 unspecified atom stereocenters. The minimum Gasteiger partial charge on any atom is -0.508 e. The Morgan fingerprint density at radius 3 is 2.60 bits per heavy atom. The fourth-order valence-corrected chi connectivity index (χ4v) is 3.10. The summed E-state index contributed by atoms with van der Waals surface area (Å²) < 4.78 is 0. The summed E-state index contributed by atoms with van der Waals surface area (Å²) >= 11 is 0. The van der Waals surface area contributed by atoms with Crippen LogP contribution in [0.25, 0.3) is 10.9 Å². The molecule has 0 saturated heterocycles. The van der Waals surface area contributed by atoms with E-state index in [1.165, 1.54) is 6.07 Å². The highest BCUT2D eigenvalue weighted by atomic mass is 16.3. The van der Waals surface area contributed by atoms with Crippen LogP contribution in [0.3, 0.4) is 0 Å². The van der Waals surface area contributed by atoms with Crippen LogP contribution in [0.15, 0.2) is 42.6 Å². The van der Waals surface area contributed by atoms with Gasteiger partial charge in [-0.25, -0.2) is 0 Å². The van der Waals surface area contributed by atoms with Gasteiger partial charge in [0.1, 0.15) is 11.5 Å². The number of aromatic amines is 1. The molecule has 0 radical (unpaired) electrons. The highest BCUT2D eigenvalue weighted by Crippen LogP contribution is 2.34. The van der Waals surface area contributed by atoms with Gasteiger partial charge in [0, 0.05) is 29.7 Å². The number of hydrogen-bond donors (Lipinski definition) is 3. The summed E-state index contributed by atoms with van der Waals surface area (Å²) in [5.41, 5.74) is 2.55. The van der Waals surface area contributed by atoms with Crippen LogP contribution in [0.5, 0.6) is 11.5 Å². The van der Waals surface area contributed by atoms with Crippen LogP contribution in [0.2, 0.25) is 0 Å². The molecule has 5 nitrogen and oxygen atoms in total. The topological polar surface area (TPSA) is 76.6 Å². The van der Waals surface area contributed by atoms with Crippen molar-refractivity contribution in [1.29, 1.82) is 0 Å². The third-order valence-electron chi connectivity index (χ3n) is 4.42. The van der Waals surface area contributed by atoms with Gasteiger partial charge in [-0.05, 0) is 42.7 Å². The molecule has 25 heavy (non-hydrogen) atoms. The Bertz CT molecular complexity index is 928. The van der Waals surface area contributed by atoms with Gasteiger partial charge in [-0.3, -0.25) is 4.79 Å². The van der Waals surface area contributed by atoms with E-state index in [4.69, 9.17) is 0 Å². The van der Waals surface area contributed by atoms with Crippen molar-refractivity contribution in [2.75, 3.05) is 11.4 Å². The Hall–Kier alpha value is -2.95. The Labute approximate surface area is 146 Å². The summed E-state index contributed by atoms with van der Waals surface area (Å²) in [5.74, 6) is -0.475. The second kappa shape index (κ2) is 6.51. The molecular weight excluding hydrogens is 316 g/mol. The predicted octanol–water partition coefficient (Wildman–Crippen LogP) is 4.37. The number of phenols is 2. The molecule has 1 aromatic heterocycles. The number of fused-ring (bicyclic) bond motifs is 1. The molecule has 2 aromatic carbocycles. The van der Waals surface area contributed by atoms with E-state index >= 15 is 0 Å². The number of H-pyrrole nitrogens is 1. The monoisotopic (exact) mass is 338 g/mol. The van der Waals surface area contributed by atoms with E-state index in [-0.39, 0.29) is 28.9 Å². The SMILES string of the molecule is CCN(C(=O)c1cc(C(C)C)c(O)cc1O)c1cccc2[nH]ccc12. The van der Waals surface area contributed by atoms with Crippen molar-refractivity contribution >= 4 is 22.5 Å². The summed E-state index contributed by atoms with van der Waals surface area (Å²) in [4.78, 5) is 17.9. The van der Waals surface area contributed by atoms with Crippen LogP contribution in [-0.2, 0) is 0 Å². The lowest BCUT2D eigenvalue weighted by atomic mass is 9.98. The van der Waals surface area contributed by atoms with E-state index in [1.54, 1.807) is 11.0 Å². The van der Waals surface area contributed by atoms with Crippen LogP contribution < -0.4 is 4.90 Å². The van der Waals surface area contributed by atoms with Crippen LogP contribution >= 0.6 is 0 Å². The maximum Gasteiger partial charge on any atom is 0.262 e. The Morgan fingerprint density at radius 2 is 1.92 bits per heavy atom. The maximum absolute atomic E-state index is 13.1. The van der Waals surface area contributed by atoms with Crippen molar-refractivity contribution in [2.45, 2.75) is 26.7 Å². The number of anilines is 1. The average Bonchev–Trinajstić information content (AvgIpc) is 3.04. The molecule has 0 aliphatic carbocycles. The summed E-state index contributed by atoms with van der Waals surface area (Å²) in [6.45, 7) is 6.21. The highest BCUT2D eigenvalue weighted by Gasteiger charge is 2.23. The lowest BCUT2D eigenvalue weighted by molar-refractivity contribution is 0.0986. The van der Waals surface area contributed by atoms with E-state index in [0.29, 0.717) is 12.1 Å². The predicted molar refractivity (Wildman–Crippen MR) is 99.5 cm³/mol. The minimum absolute atomic E-state index is 0.000153. The van der Waals surface area contributed by atoms with Crippen LogP contribution in [0.1, 0.15) is 42.6 Å². The maximum atomic E-state index is 13.1. The number of nitrogens with zero attached hydrogens (tertiary/aromatic N) is 1. The van der Waals surface area contributed by atoms with Crippen molar-refractivity contribution in [2.24, 2.45) is 0 Å². The van der Waals surface area contributed by atoms with E-state index < -0.39 is 0 Å². The number of benzene rings is 2. The Morgan fingerprint density at radius 1 is 1.16 bits per heavy atom. The zero-order valence-electron chi connectivity index (χ0n) is 14.6. The molecule has 1 amide bonds. The summed E-state index contributed by atoms with van der Waals surface area (Å²) in [6.07, 6.45) is 1.83. The average molecular weight is 338 g/mol. The van der Waals surface area contributed by atoms with Gasteiger partial charge in [-0.2, -0.15) is 0 Å². The van der Waals surface area contributed by atoms with Crippen LogP contribution in [-0.4, -0.2) is 27.6 Å². The zero-order chi connectivity index (χ0) is 18.1. The smallest absolute Gasteiger partial charge is 0.262 e. The third-order valence-corrected chi connectivity index (χ3v) is 4.42. The van der Waals surface area contributed by atoms with E-state index in [0.717, 1.165) is 16.6 Å². The highest BCUT2D eigenvalue weighted by molar-refractivity contribution is 6.11. The quantitative estimate of drug-likeness (QED) is 0.661. The standard InChI is InChI=1S/C20H22N2O3/c1-4-22(17-7-5-6-16-13(17)8-9-21-16)20(25)15-10-14(12(2)3)18(23)11-19(15)24/h5-12,21,23-24H,4H2,1-3H3. The van der Waals surface area contributed by atoms with Crippen LogP contribution in [0.4, 0.5) is 5.69 Å². The van der Waals surface area contributed by atoms with Crippen molar-refractivity contribution in [3.8, 4) is 11.5 Å². The van der Waals surface area contributed by atoms with Gasteiger partial charge in [-0.1, -0.05) is 19.9 Å². The number of aromatic hydroxyl groups is 2. The van der Waals surface area contributed by atoms with E-state index in [1.807, 2.05) is 51.2 Å². The minimum atomic E-state index is -0.296. The molecule has 5 heteroatoms. The fourth-order valence-electron chi connectivity index (χ4n) is 3.10. The van der Waals surface area contributed by atoms with E-state index in [2.05, 4.69) is 4.98 Å². The largest absolute Gasteiger partial charge is 0.508 e. The van der Waals surface area contributed by atoms with E-state index in [9.17, 15) is 15.0 Å². The van der Waals surface area contributed by atoms with Gasteiger partial charge >= 0.3 is 0 Å². The lowest BCUT2D eigenvalue weighted by Gasteiger charge is -2.23. The molecule has 3 N–H and O–H groups in total. The van der Waals surface area contributed by atoms with Crippen LogP contribution in [0, 0.1) is 0 Å². The molecule has 0 atom stereocenters. The van der Waals surface area contributed by atoms with Crippen molar-refractivity contribution in [3.63, 3.8) is 0 Å². The second-order valence-electron chi connectivity index (χ2n) is 6.35. The number of hydrogen-bond acceptors (Lipinski definition) is 3. The molecule has 130 valence electrons.